The van der Waals surface area contributed by atoms with Crippen molar-refractivity contribution >= 4 is 5.91 Å². The first-order valence-corrected chi connectivity index (χ1v) is 8.09. The van der Waals surface area contributed by atoms with Crippen LogP contribution in [0.5, 0.6) is 0 Å². The molecular formula is C19H15F4N3O. The van der Waals surface area contributed by atoms with Gasteiger partial charge in [0.1, 0.15) is 5.82 Å². The molecule has 1 amide bonds. The first kappa shape index (κ1) is 18.6. The predicted octanol–water partition coefficient (Wildman–Crippen LogP) is 4.00. The third-order valence-corrected chi connectivity index (χ3v) is 3.88. The van der Waals surface area contributed by atoms with Crippen LogP contribution in [-0.2, 0) is 12.6 Å². The summed E-state index contributed by atoms with van der Waals surface area (Å²) >= 11 is 0. The van der Waals surface area contributed by atoms with Crippen LogP contribution < -0.4 is 5.32 Å². The van der Waals surface area contributed by atoms with Gasteiger partial charge in [-0.25, -0.2) is 9.07 Å². The Morgan fingerprint density at radius 1 is 1.07 bits per heavy atom. The summed E-state index contributed by atoms with van der Waals surface area (Å²) in [7, 11) is 0. The molecule has 27 heavy (non-hydrogen) atoms. The first-order valence-electron chi connectivity index (χ1n) is 8.09. The van der Waals surface area contributed by atoms with Crippen molar-refractivity contribution in [2.75, 3.05) is 6.54 Å². The fourth-order valence-corrected chi connectivity index (χ4v) is 2.65. The maximum absolute atomic E-state index is 13.5. The summed E-state index contributed by atoms with van der Waals surface area (Å²) in [5.41, 5.74) is -1.03. The number of amides is 1. The quantitative estimate of drug-likeness (QED) is 0.683. The number of hydrogen-bond donors (Lipinski definition) is 1. The van der Waals surface area contributed by atoms with Gasteiger partial charge in [0.15, 0.2) is 5.69 Å². The van der Waals surface area contributed by atoms with Gasteiger partial charge in [0.05, 0.1) is 17.4 Å². The van der Waals surface area contributed by atoms with Crippen molar-refractivity contribution in [3.8, 4) is 5.69 Å². The van der Waals surface area contributed by atoms with E-state index in [-0.39, 0.29) is 12.2 Å². The number of nitrogens with one attached hydrogen (secondary N) is 1. The molecule has 0 bridgehead atoms. The van der Waals surface area contributed by atoms with E-state index in [9.17, 15) is 22.4 Å². The van der Waals surface area contributed by atoms with Crippen molar-refractivity contribution in [3.05, 3.63) is 83.4 Å². The maximum atomic E-state index is 13.5. The van der Waals surface area contributed by atoms with Crippen LogP contribution in [0.2, 0.25) is 0 Å². The number of nitrogens with zero attached hydrogens (tertiary/aromatic N) is 2. The molecule has 140 valence electrons. The van der Waals surface area contributed by atoms with Crippen LogP contribution in [0, 0.1) is 5.82 Å². The van der Waals surface area contributed by atoms with E-state index in [0.29, 0.717) is 11.1 Å². The van der Waals surface area contributed by atoms with Gasteiger partial charge < -0.3 is 5.32 Å². The summed E-state index contributed by atoms with van der Waals surface area (Å²) in [4.78, 5) is 12.3. The van der Waals surface area contributed by atoms with Crippen LogP contribution in [0.1, 0.15) is 21.6 Å². The van der Waals surface area contributed by atoms with E-state index in [1.54, 1.807) is 0 Å². The molecule has 8 heteroatoms. The lowest BCUT2D eigenvalue weighted by atomic mass is 10.1. The van der Waals surface area contributed by atoms with Gasteiger partial charge in [-0.2, -0.15) is 18.3 Å². The van der Waals surface area contributed by atoms with Crippen molar-refractivity contribution in [2.45, 2.75) is 12.6 Å². The molecule has 0 spiro atoms. The summed E-state index contributed by atoms with van der Waals surface area (Å²) in [5.74, 6) is -1.59. The molecular weight excluding hydrogens is 362 g/mol. The number of carbonyl (C=O) groups excluding carboxylic acids is 1. The van der Waals surface area contributed by atoms with E-state index in [2.05, 4.69) is 10.4 Å². The Labute approximate surface area is 152 Å². The number of halogens is 4. The normalized spacial score (nSPS) is 11.4. The van der Waals surface area contributed by atoms with E-state index in [1.165, 1.54) is 12.1 Å². The number of alkyl halides is 3. The number of carbonyl (C=O) groups is 1. The monoisotopic (exact) mass is 377 g/mol. The second-order valence-electron chi connectivity index (χ2n) is 5.79. The third-order valence-electron chi connectivity index (χ3n) is 3.88. The highest BCUT2D eigenvalue weighted by atomic mass is 19.4. The van der Waals surface area contributed by atoms with E-state index < -0.39 is 29.2 Å². The lowest BCUT2D eigenvalue weighted by Gasteiger charge is -2.13. The van der Waals surface area contributed by atoms with Crippen LogP contribution in [0.3, 0.4) is 0 Å². The molecule has 0 fully saturated rings. The van der Waals surface area contributed by atoms with Gasteiger partial charge in [0.25, 0.3) is 5.91 Å². The van der Waals surface area contributed by atoms with E-state index >= 15 is 0 Å². The van der Waals surface area contributed by atoms with Crippen molar-refractivity contribution < 1.29 is 22.4 Å². The Morgan fingerprint density at radius 2 is 1.81 bits per heavy atom. The summed E-state index contributed by atoms with van der Waals surface area (Å²) in [5, 5.41) is 6.12. The molecule has 0 saturated heterocycles. The molecule has 0 aliphatic heterocycles. The van der Waals surface area contributed by atoms with Crippen LogP contribution in [0.25, 0.3) is 5.69 Å². The molecule has 0 aliphatic rings. The average Bonchev–Trinajstić information content (AvgIpc) is 3.08. The van der Waals surface area contributed by atoms with Gasteiger partial charge in [0, 0.05) is 6.54 Å². The number of rotatable bonds is 5. The van der Waals surface area contributed by atoms with Crippen molar-refractivity contribution in [1.29, 1.82) is 0 Å². The molecule has 0 radical (unpaired) electrons. The van der Waals surface area contributed by atoms with E-state index in [0.717, 1.165) is 23.9 Å². The fraction of sp³-hybridized carbons (Fsp3) is 0.158. The van der Waals surface area contributed by atoms with Crippen molar-refractivity contribution in [3.63, 3.8) is 0 Å². The van der Waals surface area contributed by atoms with Crippen LogP contribution >= 0.6 is 0 Å². The molecule has 0 unspecified atom stereocenters. The highest BCUT2D eigenvalue weighted by Crippen LogP contribution is 2.33. The molecule has 0 atom stereocenters. The minimum Gasteiger partial charge on any atom is -0.352 e. The molecule has 0 saturated carbocycles. The topological polar surface area (TPSA) is 46.9 Å². The second-order valence-corrected chi connectivity index (χ2v) is 5.79. The number of benzene rings is 2. The number of aromatic nitrogens is 2. The zero-order valence-corrected chi connectivity index (χ0v) is 14.0. The Bertz CT molecular complexity index is 936. The van der Waals surface area contributed by atoms with Crippen LogP contribution in [-0.4, -0.2) is 22.2 Å². The van der Waals surface area contributed by atoms with E-state index in [4.69, 9.17) is 0 Å². The van der Waals surface area contributed by atoms with Gasteiger partial charge in [-0.05, 0) is 30.2 Å². The molecule has 4 nitrogen and oxygen atoms in total. The zero-order chi connectivity index (χ0) is 19.4. The molecule has 1 aromatic heterocycles. The van der Waals surface area contributed by atoms with Crippen LogP contribution in [0.4, 0.5) is 17.6 Å². The van der Waals surface area contributed by atoms with Gasteiger partial charge in [-0.15, -0.1) is 0 Å². The summed E-state index contributed by atoms with van der Waals surface area (Å²) in [6.45, 7) is 0.172. The Balaban J connectivity index is 1.83. The molecule has 1 N–H and O–H groups in total. The van der Waals surface area contributed by atoms with Gasteiger partial charge in [0.2, 0.25) is 0 Å². The highest BCUT2D eigenvalue weighted by Gasteiger charge is 2.40. The number of hydrogen-bond acceptors (Lipinski definition) is 2. The average molecular weight is 377 g/mol. The Morgan fingerprint density at radius 3 is 2.48 bits per heavy atom. The first-order chi connectivity index (χ1) is 12.9. The molecule has 1 heterocycles. The van der Waals surface area contributed by atoms with Gasteiger partial charge in [-0.1, -0.05) is 36.4 Å². The highest BCUT2D eigenvalue weighted by molar-refractivity contribution is 5.95. The lowest BCUT2D eigenvalue weighted by molar-refractivity contribution is -0.143. The fourth-order valence-electron chi connectivity index (χ4n) is 2.65. The standard InChI is InChI=1S/C19H15F4N3O/c20-14-7-4-8-15(11-14)26-17(19(21,22)23)16(12-25-26)18(27)24-10-9-13-5-2-1-3-6-13/h1-8,11-12H,9-10H2,(H,24,27). The predicted molar refractivity (Wildman–Crippen MR) is 91.0 cm³/mol. The largest absolute Gasteiger partial charge is 0.434 e. The summed E-state index contributed by atoms with van der Waals surface area (Å²) < 4.78 is 54.5. The SMILES string of the molecule is O=C(NCCc1ccccc1)c1cnn(-c2cccc(F)c2)c1C(F)(F)F. The third kappa shape index (κ3) is 4.33. The Kier molecular flexibility index (Phi) is 5.25. The minimum atomic E-state index is -4.84. The maximum Gasteiger partial charge on any atom is 0.434 e. The van der Waals surface area contributed by atoms with Crippen molar-refractivity contribution in [1.82, 2.24) is 15.1 Å². The zero-order valence-electron chi connectivity index (χ0n) is 14.0. The molecule has 3 rings (SSSR count). The van der Waals surface area contributed by atoms with Crippen LogP contribution in [0.15, 0.2) is 60.8 Å². The molecule has 3 aromatic rings. The van der Waals surface area contributed by atoms with E-state index in [1.807, 2.05) is 30.3 Å². The van der Waals surface area contributed by atoms with Crippen molar-refractivity contribution in [2.24, 2.45) is 0 Å². The second kappa shape index (κ2) is 7.61. The lowest BCUT2D eigenvalue weighted by Crippen LogP contribution is -2.28. The Hall–Kier alpha value is -3.16. The summed E-state index contributed by atoms with van der Waals surface area (Å²) in [6.07, 6.45) is -3.52. The molecule has 0 aliphatic carbocycles. The smallest absolute Gasteiger partial charge is 0.352 e. The van der Waals surface area contributed by atoms with Gasteiger partial charge in [-0.3, -0.25) is 4.79 Å². The summed E-state index contributed by atoms with van der Waals surface area (Å²) in [6, 6.07) is 13.8. The minimum absolute atomic E-state index is 0.120. The molecule has 2 aromatic carbocycles. The van der Waals surface area contributed by atoms with Gasteiger partial charge >= 0.3 is 6.18 Å².